The zero-order valence-corrected chi connectivity index (χ0v) is 11.7. The molecular formula is C12H14F2N4OS. The van der Waals surface area contributed by atoms with Crippen LogP contribution in [0, 0.1) is 0 Å². The summed E-state index contributed by atoms with van der Waals surface area (Å²) in [4.78, 5) is 16.1. The SMILES string of the molecule is CCc1nc(CNC(=O)c2ccn(CC(F)F)n2)cs1. The molecule has 0 fully saturated rings. The second-order valence-corrected chi connectivity index (χ2v) is 5.03. The van der Waals surface area contributed by atoms with Crippen molar-refractivity contribution in [3.05, 3.63) is 34.0 Å². The van der Waals surface area contributed by atoms with Gasteiger partial charge in [-0.15, -0.1) is 11.3 Å². The molecule has 2 aromatic rings. The zero-order valence-electron chi connectivity index (χ0n) is 10.8. The summed E-state index contributed by atoms with van der Waals surface area (Å²) in [6.45, 7) is 1.80. The highest BCUT2D eigenvalue weighted by atomic mass is 32.1. The van der Waals surface area contributed by atoms with E-state index in [1.54, 1.807) is 11.3 Å². The van der Waals surface area contributed by atoms with E-state index < -0.39 is 18.9 Å². The van der Waals surface area contributed by atoms with Crippen LogP contribution in [0.3, 0.4) is 0 Å². The van der Waals surface area contributed by atoms with Crippen LogP contribution in [0.4, 0.5) is 8.78 Å². The summed E-state index contributed by atoms with van der Waals surface area (Å²) >= 11 is 1.54. The van der Waals surface area contributed by atoms with Gasteiger partial charge in [-0.25, -0.2) is 13.8 Å². The van der Waals surface area contributed by atoms with Crippen molar-refractivity contribution in [1.82, 2.24) is 20.1 Å². The van der Waals surface area contributed by atoms with E-state index in [1.807, 2.05) is 12.3 Å². The summed E-state index contributed by atoms with van der Waals surface area (Å²) in [5.74, 6) is -0.399. The smallest absolute Gasteiger partial charge is 0.272 e. The predicted octanol–water partition coefficient (Wildman–Crippen LogP) is 2.10. The molecule has 0 aliphatic carbocycles. The number of nitrogens with one attached hydrogen (secondary N) is 1. The van der Waals surface area contributed by atoms with Crippen LogP contribution in [0.15, 0.2) is 17.6 Å². The van der Waals surface area contributed by atoms with Crippen LogP contribution in [0.25, 0.3) is 0 Å². The average Bonchev–Trinajstić information content (AvgIpc) is 3.04. The van der Waals surface area contributed by atoms with Crippen LogP contribution in [0.1, 0.15) is 28.1 Å². The van der Waals surface area contributed by atoms with Gasteiger partial charge in [0.05, 0.1) is 17.2 Å². The number of carbonyl (C=O) groups is 1. The Bertz CT molecular complexity index is 582. The highest BCUT2D eigenvalue weighted by molar-refractivity contribution is 7.09. The fraction of sp³-hybridized carbons (Fsp3) is 0.417. The number of aromatic nitrogens is 3. The van der Waals surface area contributed by atoms with Gasteiger partial charge in [-0.2, -0.15) is 5.10 Å². The molecule has 2 aromatic heterocycles. The minimum absolute atomic E-state index is 0.122. The van der Waals surface area contributed by atoms with E-state index >= 15 is 0 Å². The molecule has 0 atom stereocenters. The lowest BCUT2D eigenvalue weighted by Crippen LogP contribution is -2.23. The number of halogens is 2. The van der Waals surface area contributed by atoms with Crippen LogP contribution in [0.5, 0.6) is 0 Å². The Morgan fingerprint density at radius 1 is 1.55 bits per heavy atom. The number of alkyl halides is 2. The summed E-state index contributed by atoms with van der Waals surface area (Å²) in [6.07, 6.45) is -0.274. The Balaban J connectivity index is 1.89. The van der Waals surface area contributed by atoms with Crippen molar-refractivity contribution >= 4 is 17.2 Å². The number of carbonyl (C=O) groups excluding carboxylic acids is 1. The first-order chi connectivity index (χ1) is 9.58. The molecule has 0 spiro atoms. The van der Waals surface area contributed by atoms with Crippen molar-refractivity contribution in [2.24, 2.45) is 0 Å². The molecule has 0 aromatic carbocycles. The molecule has 5 nitrogen and oxygen atoms in total. The molecule has 0 aliphatic rings. The van der Waals surface area contributed by atoms with Gasteiger partial charge in [0.1, 0.15) is 12.2 Å². The third-order valence-electron chi connectivity index (χ3n) is 2.53. The first-order valence-corrected chi connectivity index (χ1v) is 6.99. The molecular weight excluding hydrogens is 286 g/mol. The number of hydrogen-bond donors (Lipinski definition) is 1. The van der Waals surface area contributed by atoms with Crippen LogP contribution in [0.2, 0.25) is 0 Å². The third-order valence-corrected chi connectivity index (χ3v) is 3.57. The average molecular weight is 300 g/mol. The number of nitrogens with zero attached hydrogens (tertiary/aromatic N) is 3. The fourth-order valence-electron chi connectivity index (χ4n) is 1.58. The van der Waals surface area contributed by atoms with Gasteiger partial charge >= 0.3 is 0 Å². The van der Waals surface area contributed by atoms with E-state index in [-0.39, 0.29) is 5.69 Å². The molecule has 8 heteroatoms. The number of hydrogen-bond acceptors (Lipinski definition) is 4. The Kier molecular flexibility index (Phi) is 4.78. The van der Waals surface area contributed by atoms with Gasteiger partial charge in [-0.1, -0.05) is 6.92 Å². The van der Waals surface area contributed by atoms with Gasteiger partial charge in [-0.05, 0) is 12.5 Å². The van der Waals surface area contributed by atoms with Crippen molar-refractivity contribution in [1.29, 1.82) is 0 Å². The van der Waals surface area contributed by atoms with Crippen LogP contribution >= 0.6 is 11.3 Å². The van der Waals surface area contributed by atoms with Crippen LogP contribution < -0.4 is 5.32 Å². The van der Waals surface area contributed by atoms with Crippen molar-refractivity contribution < 1.29 is 13.6 Å². The predicted molar refractivity (Wildman–Crippen MR) is 70.9 cm³/mol. The third kappa shape index (κ3) is 3.83. The minimum atomic E-state index is -2.49. The van der Waals surface area contributed by atoms with Gasteiger partial charge in [0.2, 0.25) is 0 Å². The van der Waals surface area contributed by atoms with E-state index in [0.29, 0.717) is 6.54 Å². The molecule has 1 amide bonds. The lowest BCUT2D eigenvalue weighted by atomic mass is 10.4. The number of rotatable bonds is 6. The van der Waals surface area contributed by atoms with Gasteiger partial charge in [0.15, 0.2) is 0 Å². The standard InChI is InChI=1S/C12H14F2N4OS/c1-2-11-16-8(7-20-11)5-15-12(19)9-3-4-18(17-9)6-10(13)14/h3-4,7,10H,2,5-6H2,1H3,(H,15,19). The number of thiazole rings is 1. The van der Waals surface area contributed by atoms with Gasteiger partial charge in [-0.3, -0.25) is 9.48 Å². The second-order valence-electron chi connectivity index (χ2n) is 4.08. The molecule has 0 saturated heterocycles. The molecule has 0 aliphatic heterocycles. The van der Waals surface area contributed by atoms with Gasteiger partial charge < -0.3 is 5.32 Å². The Labute approximate surface area is 118 Å². The maximum absolute atomic E-state index is 12.2. The van der Waals surface area contributed by atoms with Gasteiger partial charge in [0, 0.05) is 11.6 Å². The number of aryl methyl sites for hydroxylation is 1. The topological polar surface area (TPSA) is 59.8 Å². The van der Waals surface area contributed by atoms with Crippen molar-refractivity contribution in [3.63, 3.8) is 0 Å². The Hall–Kier alpha value is -1.83. The molecule has 2 rings (SSSR count). The molecule has 108 valence electrons. The molecule has 0 radical (unpaired) electrons. The summed E-state index contributed by atoms with van der Waals surface area (Å²) < 4.78 is 25.4. The van der Waals surface area contributed by atoms with E-state index in [2.05, 4.69) is 15.4 Å². The Morgan fingerprint density at radius 3 is 3.00 bits per heavy atom. The summed E-state index contributed by atoms with van der Waals surface area (Å²) in [6, 6.07) is 1.41. The molecule has 2 heterocycles. The first-order valence-electron chi connectivity index (χ1n) is 6.11. The van der Waals surface area contributed by atoms with Crippen molar-refractivity contribution in [2.45, 2.75) is 32.9 Å². The van der Waals surface area contributed by atoms with E-state index in [0.717, 1.165) is 21.8 Å². The van der Waals surface area contributed by atoms with Crippen molar-refractivity contribution in [2.75, 3.05) is 0 Å². The van der Waals surface area contributed by atoms with E-state index in [9.17, 15) is 13.6 Å². The minimum Gasteiger partial charge on any atom is -0.345 e. The van der Waals surface area contributed by atoms with E-state index in [1.165, 1.54) is 12.3 Å². The molecule has 1 N–H and O–H groups in total. The molecule has 0 bridgehead atoms. The largest absolute Gasteiger partial charge is 0.345 e. The summed E-state index contributed by atoms with van der Waals surface area (Å²) in [5.41, 5.74) is 0.906. The lowest BCUT2D eigenvalue weighted by molar-refractivity contribution is 0.0939. The molecule has 0 unspecified atom stereocenters. The van der Waals surface area contributed by atoms with Crippen LogP contribution in [-0.4, -0.2) is 27.1 Å². The highest BCUT2D eigenvalue weighted by Crippen LogP contribution is 2.10. The van der Waals surface area contributed by atoms with Gasteiger partial charge in [0.25, 0.3) is 12.3 Å². The first kappa shape index (κ1) is 14.6. The van der Waals surface area contributed by atoms with E-state index in [4.69, 9.17) is 0 Å². The maximum Gasteiger partial charge on any atom is 0.272 e. The normalized spacial score (nSPS) is 11.0. The quantitative estimate of drug-likeness (QED) is 0.888. The van der Waals surface area contributed by atoms with Crippen LogP contribution in [-0.2, 0) is 19.5 Å². The van der Waals surface area contributed by atoms with Crippen molar-refractivity contribution in [3.8, 4) is 0 Å². The Morgan fingerprint density at radius 2 is 2.35 bits per heavy atom. The molecule has 20 heavy (non-hydrogen) atoms. The highest BCUT2D eigenvalue weighted by Gasteiger charge is 2.12. The number of amides is 1. The summed E-state index contributed by atoms with van der Waals surface area (Å²) in [5, 5.41) is 9.35. The second kappa shape index (κ2) is 6.56. The lowest BCUT2D eigenvalue weighted by Gasteiger charge is -2.01. The fourth-order valence-corrected chi connectivity index (χ4v) is 2.32. The zero-order chi connectivity index (χ0) is 14.5. The molecule has 0 saturated carbocycles. The maximum atomic E-state index is 12.2. The monoisotopic (exact) mass is 300 g/mol. The summed E-state index contributed by atoms with van der Waals surface area (Å²) in [7, 11) is 0.